The third kappa shape index (κ3) is 6.21. The first-order valence-electron chi connectivity index (χ1n) is 11.0. The molecule has 0 bridgehead atoms. The number of hydrogen-bond acceptors (Lipinski definition) is 5. The van der Waals surface area contributed by atoms with Crippen LogP contribution in [0.15, 0.2) is 42.5 Å². The Kier molecular flexibility index (Phi) is 7.19. The first-order valence-corrected chi connectivity index (χ1v) is 11.4. The van der Waals surface area contributed by atoms with Gasteiger partial charge in [0.1, 0.15) is 12.4 Å². The van der Waals surface area contributed by atoms with E-state index in [-0.39, 0.29) is 24.4 Å². The summed E-state index contributed by atoms with van der Waals surface area (Å²) in [6, 6.07) is 13.9. The van der Waals surface area contributed by atoms with Gasteiger partial charge in [0.25, 0.3) is 0 Å². The van der Waals surface area contributed by atoms with E-state index in [4.69, 9.17) is 25.8 Å². The number of ether oxygens (including phenoxy) is 3. The Balaban J connectivity index is 1.35. The minimum Gasteiger partial charge on any atom is -0.491 e. The van der Waals surface area contributed by atoms with Crippen molar-refractivity contribution in [1.82, 2.24) is 0 Å². The lowest BCUT2D eigenvalue weighted by Crippen LogP contribution is -2.33. The maximum Gasteiger partial charge on any atom is 0.119 e. The Morgan fingerprint density at radius 1 is 1.10 bits per heavy atom. The molecule has 2 unspecified atom stereocenters. The van der Waals surface area contributed by atoms with Gasteiger partial charge in [-0.15, -0.1) is 0 Å². The summed E-state index contributed by atoms with van der Waals surface area (Å²) in [6.07, 6.45) is 2.90. The van der Waals surface area contributed by atoms with Crippen molar-refractivity contribution in [3.05, 3.63) is 64.2 Å². The van der Waals surface area contributed by atoms with E-state index in [0.717, 1.165) is 35.3 Å². The van der Waals surface area contributed by atoms with E-state index in [1.54, 1.807) is 0 Å². The molecule has 1 aliphatic heterocycles. The van der Waals surface area contributed by atoms with Crippen molar-refractivity contribution in [2.45, 2.75) is 62.9 Å². The monoisotopic (exact) mass is 446 g/mol. The Morgan fingerprint density at radius 3 is 2.58 bits per heavy atom. The second kappa shape index (κ2) is 9.88. The molecule has 2 aromatic carbocycles. The van der Waals surface area contributed by atoms with Gasteiger partial charge in [0.05, 0.1) is 37.1 Å². The first-order chi connectivity index (χ1) is 14.9. The van der Waals surface area contributed by atoms with Crippen LogP contribution >= 0.6 is 11.6 Å². The standard InChI is InChI=1S/C25H31ClO5/c1-25(8-9-25)30-11-10-29-21-5-2-17(3-6-21)12-19-13-18(4-7-23(19)26)24-15-20(28)14-22(16-27)31-24/h2-7,13,20,22,24,27-28H,8-12,14-16H2,1H3/t20?,22?,24-/m1/s1. The van der Waals surface area contributed by atoms with Crippen molar-refractivity contribution in [1.29, 1.82) is 0 Å². The van der Waals surface area contributed by atoms with E-state index >= 15 is 0 Å². The maximum atomic E-state index is 10.1. The van der Waals surface area contributed by atoms with Gasteiger partial charge in [-0.3, -0.25) is 0 Å². The Bertz CT molecular complexity index is 865. The number of hydrogen-bond donors (Lipinski definition) is 2. The highest BCUT2D eigenvalue weighted by Gasteiger charge is 2.38. The molecule has 0 aromatic heterocycles. The summed E-state index contributed by atoms with van der Waals surface area (Å²) in [5.74, 6) is 0.827. The zero-order valence-corrected chi connectivity index (χ0v) is 18.7. The quantitative estimate of drug-likeness (QED) is 0.557. The van der Waals surface area contributed by atoms with Crippen molar-refractivity contribution in [2.75, 3.05) is 19.8 Å². The molecular weight excluding hydrogens is 416 g/mol. The number of aliphatic hydroxyl groups is 2. The van der Waals surface area contributed by atoms with E-state index in [9.17, 15) is 10.2 Å². The van der Waals surface area contributed by atoms with Crippen LogP contribution in [0, 0.1) is 0 Å². The van der Waals surface area contributed by atoms with Gasteiger partial charge in [0.2, 0.25) is 0 Å². The van der Waals surface area contributed by atoms with Crippen LogP contribution in [0.25, 0.3) is 0 Å². The number of benzene rings is 2. The van der Waals surface area contributed by atoms with Gasteiger partial charge < -0.3 is 24.4 Å². The molecule has 1 saturated carbocycles. The summed E-state index contributed by atoms with van der Waals surface area (Å²) in [5.41, 5.74) is 3.19. The van der Waals surface area contributed by atoms with Gasteiger partial charge in [0.15, 0.2) is 0 Å². The van der Waals surface area contributed by atoms with E-state index in [2.05, 4.69) is 6.92 Å². The van der Waals surface area contributed by atoms with Crippen LogP contribution in [0.4, 0.5) is 0 Å². The van der Waals surface area contributed by atoms with Crippen LogP contribution in [-0.4, -0.2) is 47.8 Å². The van der Waals surface area contributed by atoms with Crippen molar-refractivity contribution in [2.24, 2.45) is 0 Å². The van der Waals surface area contributed by atoms with Crippen molar-refractivity contribution >= 4 is 11.6 Å². The molecule has 168 valence electrons. The van der Waals surface area contributed by atoms with Crippen LogP contribution in [0.1, 0.15) is 55.4 Å². The molecule has 1 heterocycles. The van der Waals surface area contributed by atoms with Crippen LogP contribution in [0.5, 0.6) is 5.75 Å². The van der Waals surface area contributed by atoms with Gasteiger partial charge in [-0.05, 0) is 61.1 Å². The third-order valence-corrected chi connectivity index (χ3v) is 6.47. The van der Waals surface area contributed by atoms with Crippen LogP contribution < -0.4 is 4.74 Å². The lowest BCUT2D eigenvalue weighted by atomic mass is 9.94. The normalized spacial score (nSPS) is 24.7. The molecule has 2 fully saturated rings. The van der Waals surface area contributed by atoms with E-state index < -0.39 is 6.10 Å². The van der Waals surface area contributed by atoms with Crippen LogP contribution in [-0.2, 0) is 15.9 Å². The fraction of sp³-hybridized carbons (Fsp3) is 0.520. The third-order valence-electron chi connectivity index (χ3n) is 6.10. The minimum absolute atomic E-state index is 0.0841. The summed E-state index contributed by atoms with van der Waals surface area (Å²) >= 11 is 6.46. The molecular formula is C25H31ClO5. The molecule has 0 amide bonds. The number of aliphatic hydroxyl groups excluding tert-OH is 2. The molecule has 1 saturated heterocycles. The zero-order chi connectivity index (χ0) is 21.8. The summed E-state index contributed by atoms with van der Waals surface area (Å²) < 4.78 is 17.5. The Morgan fingerprint density at radius 2 is 1.87 bits per heavy atom. The highest BCUT2D eigenvalue weighted by molar-refractivity contribution is 6.31. The maximum absolute atomic E-state index is 10.1. The zero-order valence-electron chi connectivity index (χ0n) is 17.9. The molecule has 31 heavy (non-hydrogen) atoms. The first kappa shape index (κ1) is 22.6. The van der Waals surface area contributed by atoms with Crippen molar-refractivity contribution < 1.29 is 24.4 Å². The largest absolute Gasteiger partial charge is 0.491 e. The predicted octanol–water partition coefficient (Wildman–Crippen LogP) is 4.45. The topological polar surface area (TPSA) is 68.2 Å². The average molecular weight is 447 g/mol. The Labute approximate surface area is 188 Å². The highest BCUT2D eigenvalue weighted by atomic mass is 35.5. The molecule has 2 aromatic rings. The second-order valence-corrected chi connectivity index (χ2v) is 9.28. The van der Waals surface area contributed by atoms with E-state index in [1.165, 1.54) is 0 Å². The SMILES string of the molecule is CC1(OCCOc2ccc(Cc3cc([C@H]4CC(O)CC(CO)O4)ccc3Cl)cc2)CC1. The molecule has 2 N–H and O–H groups in total. The fourth-order valence-corrected chi connectivity index (χ4v) is 4.13. The van der Waals surface area contributed by atoms with Gasteiger partial charge in [-0.25, -0.2) is 0 Å². The molecule has 0 radical (unpaired) electrons. The second-order valence-electron chi connectivity index (χ2n) is 8.87. The van der Waals surface area contributed by atoms with Crippen LogP contribution in [0.2, 0.25) is 5.02 Å². The molecule has 1 aliphatic carbocycles. The molecule has 3 atom stereocenters. The van der Waals surface area contributed by atoms with E-state index in [1.807, 2.05) is 42.5 Å². The van der Waals surface area contributed by atoms with E-state index in [0.29, 0.717) is 37.5 Å². The average Bonchev–Trinajstić information content (AvgIpc) is 3.50. The summed E-state index contributed by atoms with van der Waals surface area (Å²) in [6.45, 7) is 3.20. The van der Waals surface area contributed by atoms with Crippen molar-refractivity contribution in [3.8, 4) is 5.75 Å². The molecule has 4 rings (SSSR count). The van der Waals surface area contributed by atoms with Gasteiger partial charge in [-0.1, -0.05) is 35.9 Å². The smallest absolute Gasteiger partial charge is 0.119 e. The minimum atomic E-state index is -0.472. The number of rotatable bonds is 9. The predicted molar refractivity (Wildman–Crippen MR) is 120 cm³/mol. The molecule has 6 heteroatoms. The fourth-order valence-electron chi connectivity index (χ4n) is 3.94. The lowest BCUT2D eigenvalue weighted by Gasteiger charge is -2.32. The van der Waals surface area contributed by atoms with Gasteiger partial charge >= 0.3 is 0 Å². The van der Waals surface area contributed by atoms with Gasteiger partial charge in [-0.2, -0.15) is 0 Å². The van der Waals surface area contributed by atoms with Gasteiger partial charge in [0, 0.05) is 17.9 Å². The summed E-state index contributed by atoms with van der Waals surface area (Å²) in [4.78, 5) is 0. The molecule has 5 nitrogen and oxygen atoms in total. The molecule has 2 aliphatic rings. The number of halogens is 1. The highest BCUT2D eigenvalue weighted by Crippen LogP contribution is 2.38. The van der Waals surface area contributed by atoms with Crippen LogP contribution in [0.3, 0.4) is 0 Å². The lowest BCUT2D eigenvalue weighted by molar-refractivity contribution is -0.113. The molecule has 0 spiro atoms. The Hall–Kier alpha value is -1.63. The van der Waals surface area contributed by atoms with Crippen molar-refractivity contribution in [3.63, 3.8) is 0 Å². The summed E-state index contributed by atoms with van der Waals surface area (Å²) in [7, 11) is 0. The summed E-state index contributed by atoms with van der Waals surface area (Å²) in [5, 5.41) is 20.2.